The van der Waals surface area contributed by atoms with Gasteiger partial charge in [0.25, 0.3) is 0 Å². The van der Waals surface area contributed by atoms with Crippen LogP contribution in [0.4, 0.5) is 0 Å². The van der Waals surface area contributed by atoms with Crippen LogP contribution < -0.4 is 5.73 Å². The van der Waals surface area contributed by atoms with Crippen LogP contribution in [-0.2, 0) is 4.79 Å². The van der Waals surface area contributed by atoms with Crippen LogP contribution in [0.3, 0.4) is 0 Å². The number of carbonyl (C=O) groups excluding carboxylic acids is 1. The van der Waals surface area contributed by atoms with Gasteiger partial charge in [0.1, 0.15) is 0 Å². The lowest BCUT2D eigenvalue weighted by Crippen LogP contribution is -2.57. The molecule has 4 nitrogen and oxygen atoms in total. The molecular formula is C19H27ClN2O2. The molecule has 1 saturated heterocycles. The van der Waals surface area contributed by atoms with Gasteiger partial charge in [-0.15, -0.1) is 0 Å². The van der Waals surface area contributed by atoms with Crippen LogP contribution >= 0.6 is 11.6 Å². The Balaban J connectivity index is 1.57. The minimum Gasteiger partial charge on any atom is -0.388 e. The van der Waals surface area contributed by atoms with Crippen molar-refractivity contribution < 1.29 is 9.90 Å². The summed E-state index contributed by atoms with van der Waals surface area (Å²) in [4.78, 5) is 14.7. The maximum atomic E-state index is 12.8. The number of nitrogens with two attached hydrogens (primary N) is 1. The van der Waals surface area contributed by atoms with Gasteiger partial charge in [0.2, 0.25) is 5.91 Å². The zero-order valence-electron chi connectivity index (χ0n) is 14.1. The highest BCUT2D eigenvalue weighted by Gasteiger charge is 2.40. The standard InChI is InChI=1S/C19H27ClN2O2/c20-16-6-4-14(5-7-16)17(23)15-8-12-22(13-9-15)18(24)19(21)10-2-1-3-11-19/h4-7,15,17,23H,1-3,8-13,21H2/t17-/m1/s1. The predicted molar refractivity (Wildman–Crippen MR) is 95.7 cm³/mol. The summed E-state index contributed by atoms with van der Waals surface area (Å²) in [6.07, 6.45) is 6.01. The highest BCUT2D eigenvalue weighted by molar-refractivity contribution is 6.30. The first-order chi connectivity index (χ1) is 11.5. The quantitative estimate of drug-likeness (QED) is 0.879. The van der Waals surface area contributed by atoms with Gasteiger partial charge in [0, 0.05) is 18.1 Å². The third kappa shape index (κ3) is 3.76. The van der Waals surface area contributed by atoms with E-state index in [1.54, 1.807) is 12.1 Å². The van der Waals surface area contributed by atoms with Gasteiger partial charge in [-0.3, -0.25) is 4.79 Å². The van der Waals surface area contributed by atoms with Gasteiger partial charge >= 0.3 is 0 Å². The van der Waals surface area contributed by atoms with E-state index >= 15 is 0 Å². The number of rotatable bonds is 3. The molecule has 1 aliphatic carbocycles. The topological polar surface area (TPSA) is 66.6 Å². The van der Waals surface area contributed by atoms with Crippen molar-refractivity contribution in [1.29, 1.82) is 0 Å². The number of aliphatic hydroxyl groups excluding tert-OH is 1. The number of aliphatic hydroxyl groups is 1. The Bertz CT molecular complexity index is 561. The fourth-order valence-corrected chi connectivity index (χ4v) is 4.19. The lowest BCUT2D eigenvalue weighted by atomic mass is 9.80. The molecule has 5 heteroatoms. The average molecular weight is 351 g/mol. The number of nitrogens with zero attached hydrogens (tertiary/aromatic N) is 1. The minimum atomic E-state index is -0.653. The average Bonchev–Trinajstić information content (AvgIpc) is 2.62. The van der Waals surface area contributed by atoms with Crippen molar-refractivity contribution in [2.24, 2.45) is 11.7 Å². The van der Waals surface area contributed by atoms with Gasteiger partial charge in [0.05, 0.1) is 11.6 Å². The molecule has 3 N–H and O–H groups in total. The molecule has 1 atom stereocenters. The molecule has 0 aromatic heterocycles. The Hall–Kier alpha value is -1.10. The Morgan fingerprint density at radius 3 is 2.33 bits per heavy atom. The molecule has 1 aliphatic heterocycles. The molecule has 1 aromatic carbocycles. The summed E-state index contributed by atoms with van der Waals surface area (Å²) >= 11 is 5.91. The molecule has 1 amide bonds. The molecule has 0 radical (unpaired) electrons. The number of benzene rings is 1. The van der Waals surface area contributed by atoms with Crippen molar-refractivity contribution >= 4 is 17.5 Å². The molecule has 3 rings (SSSR count). The molecule has 2 fully saturated rings. The second-order valence-electron chi connectivity index (χ2n) is 7.34. The maximum Gasteiger partial charge on any atom is 0.242 e. The highest BCUT2D eigenvalue weighted by atomic mass is 35.5. The van der Waals surface area contributed by atoms with Gasteiger partial charge < -0.3 is 15.7 Å². The second-order valence-corrected chi connectivity index (χ2v) is 7.78. The van der Waals surface area contributed by atoms with E-state index in [0.717, 1.165) is 44.1 Å². The molecule has 132 valence electrons. The van der Waals surface area contributed by atoms with Crippen LogP contribution in [0.1, 0.15) is 56.6 Å². The van der Waals surface area contributed by atoms with E-state index in [0.29, 0.717) is 18.1 Å². The molecule has 0 bridgehead atoms. The molecular weight excluding hydrogens is 324 g/mol. The maximum absolute atomic E-state index is 12.8. The highest BCUT2D eigenvalue weighted by Crippen LogP contribution is 2.33. The van der Waals surface area contributed by atoms with E-state index in [4.69, 9.17) is 17.3 Å². The number of piperidine rings is 1. The van der Waals surface area contributed by atoms with Gasteiger partial charge in [-0.1, -0.05) is 43.0 Å². The summed E-state index contributed by atoms with van der Waals surface area (Å²) in [7, 11) is 0. The molecule has 24 heavy (non-hydrogen) atoms. The lowest BCUT2D eigenvalue weighted by Gasteiger charge is -2.40. The zero-order chi connectivity index (χ0) is 17.2. The van der Waals surface area contributed by atoms with Crippen molar-refractivity contribution in [3.05, 3.63) is 34.9 Å². The first-order valence-electron chi connectivity index (χ1n) is 9.01. The first-order valence-corrected chi connectivity index (χ1v) is 9.39. The SMILES string of the molecule is NC1(C(=O)N2CCC([C@H](O)c3ccc(Cl)cc3)CC2)CCCCC1. The summed E-state index contributed by atoms with van der Waals surface area (Å²) in [5, 5.41) is 11.3. The van der Waals surface area contributed by atoms with Crippen molar-refractivity contribution in [2.75, 3.05) is 13.1 Å². The molecule has 1 saturated carbocycles. The largest absolute Gasteiger partial charge is 0.388 e. The van der Waals surface area contributed by atoms with Crippen LogP contribution in [0.5, 0.6) is 0 Å². The number of amides is 1. The number of likely N-dealkylation sites (tertiary alicyclic amines) is 1. The van der Waals surface area contributed by atoms with E-state index in [1.165, 1.54) is 6.42 Å². The molecule has 0 spiro atoms. The summed E-state index contributed by atoms with van der Waals surface area (Å²) in [5.41, 5.74) is 6.62. The van der Waals surface area contributed by atoms with Gasteiger partial charge in [-0.2, -0.15) is 0 Å². The van der Waals surface area contributed by atoms with E-state index in [1.807, 2.05) is 17.0 Å². The fraction of sp³-hybridized carbons (Fsp3) is 0.632. The van der Waals surface area contributed by atoms with Gasteiger partial charge in [-0.25, -0.2) is 0 Å². The van der Waals surface area contributed by atoms with Crippen LogP contribution in [0.15, 0.2) is 24.3 Å². The number of carbonyl (C=O) groups is 1. The van der Waals surface area contributed by atoms with Crippen molar-refractivity contribution in [1.82, 2.24) is 4.90 Å². The van der Waals surface area contributed by atoms with E-state index < -0.39 is 11.6 Å². The predicted octanol–water partition coefficient (Wildman–Crippen LogP) is 3.27. The third-order valence-corrected chi connectivity index (χ3v) is 5.91. The monoisotopic (exact) mass is 350 g/mol. The minimum absolute atomic E-state index is 0.113. The molecule has 1 aromatic rings. The van der Waals surface area contributed by atoms with Crippen molar-refractivity contribution in [2.45, 2.75) is 56.6 Å². The van der Waals surface area contributed by atoms with Crippen LogP contribution in [0, 0.1) is 5.92 Å². The number of hydrogen-bond donors (Lipinski definition) is 2. The first kappa shape index (κ1) is 17.7. The van der Waals surface area contributed by atoms with Crippen LogP contribution in [0.2, 0.25) is 5.02 Å². The Labute approximate surface area is 149 Å². The van der Waals surface area contributed by atoms with Gasteiger partial charge in [0.15, 0.2) is 0 Å². The molecule has 2 aliphatic rings. The van der Waals surface area contributed by atoms with Gasteiger partial charge in [-0.05, 0) is 49.3 Å². The smallest absolute Gasteiger partial charge is 0.242 e. The second kappa shape index (κ2) is 7.42. The van der Waals surface area contributed by atoms with Crippen molar-refractivity contribution in [3.63, 3.8) is 0 Å². The Morgan fingerprint density at radius 1 is 1.17 bits per heavy atom. The lowest BCUT2D eigenvalue weighted by molar-refractivity contribution is -0.140. The van der Waals surface area contributed by atoms with Crippen molar-refractivity contribution in [3.8, 4) is 0 Å². The van der Waals surface area contributed by atoms with E-state index in [2.05, 4.69) is 0 Å². The fourth-order valence-electron chi connectivity index (χ4n) is 4.06. The van der Waals surface area contributed by atoms with Crippen LogP contribution in [0.25, 0.3) is 0 Å². The van der Waals surface area contributed by atoms with E-state index in [9.17, 15) is 9.90 Å². The molecule has 0 unspecified atom stereocenters. The normalized spacial score (nSPS) is 23.0. The van der Waals surface area contributed by atoms with E-state index in [-0.39, 0.29) is 11.8 Å². The third-order valence-electron chi connectivity index (χ3n) is 5.66. The van der Waals surface area contributed by atoms with Crippen LogP contribution in [-0.4, -0.2) is 34.5 Å². The Morgan fingerprint density at radius 2 is 1.75 bits per heavy atom. The molecule has 1 heterocycles. The summed E-state index contributed by atoms with van der Waals surface area (Å²) in [6, 6.07) is 7.36. The number of hydrogen-bond acceptors (Lipinski definition) is 3. The number of halogens is 1. The Kier molecular flexibility index (Phi) is 5.48. The summed E-state index contributed by atoms with van der Waals surface area (Å²) < 4.78 is 0. The zero-order valence-corrected chi connectivity index (χ0v) is 14.8. The summed E-state index contributed by atoms with van der Waals surface area (Å²) in [5.74, 6) is 0.289. The summed E-state index contributed by atoms with van der Waals surface area (Å²) in [6.45, 7) is 1.38.